The second kappa shape index (κ2) is 11.0. The predicted octanol–water partition coefficient (Wildman–Crippen LogP) is 4.18. The summed E-state index contributed by atoms with van der Waals surface area (Å²) in [7, 11) is -4.14. The quantitative estimate of drug-likeness (QED) is 0.400. The number of ether oxygens (including phenoxy) is 1. The minimum atomic E-state index is -4.14. The third-order valence-corrected chi connectivity index (χ3v) is 10.3. The van der Waals surface area contributed by atoms with Crippen LogP contribution in [0.15, 0.2) is 35.2 Å². The lowest BCUT2D eigenvalue weighted by Gasteiger charge is -2.34. The molecule has 2 amide bonds. The van der Waals surface area contributed by atoms with Crippen molar-refractivity contribution >= 4 is 27.4 Å². The number of carbonyl (C=O) groups excluding carboxylic acids is 1. The summed E-state index contributed by atoms with van der Waals surface area (Å²) in [4.78, 5) is 23.3. The highest BCUT2D eigenvalue weighted by Crippen LogP contribution is 2.56. The number of benzene rings is 1. The van der Waals surface area contributed by atoms with Gasteiger partial charge in [-0.2, -0.15) is 13.9 Å². The van der Waals surface area contributed by atoms with Crippen molar-refractivity contribution in [2.45, 2.75) is 62.8 Å². The average Bonchev–Trinajstić information content (AvgIpc) is 3.69. The van der Waals surface area contributed by atoms with Gasteiger partial charge in [-0.05, 0) is 64.8 Å². The van der Waals surface area contributed by atoms with Gasteiger partial charge in [-0.3, -0.25) is 0 Å². The Bertz CT molecular complexity index is 1560. The molecule has 0 unspecified atom stereocenters. The number of aryl methyl sites for hydroxylation is 1. The summed E-state index contributed by atoms with van der Waals surface area (Å²) in [5, 5.41) is 9.22. The fraction of sp³-hybridized carbons (Fsp3) is 0.481. The number of amides is 2. The normalized spacial score (nSPS) is 18.4. The Morgan fingerprint density at radius 2 is 1.90 bits per heavy atom. The third-order valence-electron chi connectivity index (χ3n) is 7.51. The van der Waals surface area contributed by atoms with Crippen molar-refractivity contribution < 1.29 is 26.7 Å². The lowest BCUT2D eigenvalue weighted by Crippen LogP contribution is -2.44. The summed E-state index contributed by atoms with van der Waals surface area (Å²) in [5.74, 6) is 0.877. The fourth-order valence-electron chi connectivity index (χ4n) is 5.25. The minimum Gasteiger partial charge on any atom is -0.377 e. The van der Waals surface area contributed by atoms with Gasteiger partial charge in [-0.25, -0.2) is 27.9 Å². The number of halogens is 2. The molecule has 14 heteroatoms. The number of hydrogen-bond donors (Lipinski definition) is 2. The lowest BCUT2D eigenvalue weighted by atomic mass is 10.1. The molecular weight excluding hydrogens is 556 g/mol. The van der Waals surface area contributed by atoms with Gasteiger partial charge in [0.2, 0.25) is 0 Å². The largest absolute Gasteiger partial charge is 0.377 e. The molecule has 2 aliphatic rings. The highest BCUT2D eigenvalue weighted by atomic mass is 32.2. The molecule has 220 valence electrons. The zero-order valence-corrected chi connectivity index (χ0v) is 24.1. The second-order valence-corrected chi connectivity index (χ2v) is 12.5. The van der Waals surface area contributed by atoms with E-state index >= 15 is 0 Å². The van der Waals surface area contributed by atoms with Crippen LogP contribution in [-0.2, 0) is 19.3 Å². The van der Waals surface area contributed by atoms with Gasteiger partial charge in [0.25, 0.3) is 0 Å². The van der Waals surface area contributed by atoms with E-state index in [0.29, 0.717) is 59.6 Å². The average molecular weight is 590 g/mol. The van der Waals surface area contributed by atoms with Crippen molar-refractivity contribution in [2.75, 3.05) is 36.5 Å². The van der Waals surface area contributed by atoms with Gasteiger partial charge in [-0.15, -0.1) is 0 Å². The topological polar surface area (TPSA) is 131 Å². The standard InChI is InChI=1S/C27H33F2N7O4S/c1-5-30-26(37)31-20-8-6-19(7-9-20)24-32-21(14-22(33-24)35-12-13-40-15-16(35)2)27(10-11-27)41(38,39)23-17(3)34-36(18(23)4)25(28)29/h6-9,14,16,25H,5,10-13,15H2,1-4H3,(H2,30,31,37)/t16-/m0/s1. The Balaban J connectivity index is 1.60. The van der Waals surface area contributed by atoms with Crippen LogP contribution in [0.5, 0.6) is 0 Å². The molecule has 11 nitrogen and oxygen atoms in total. The van der Waals surface area contributed by atoms with Crippen molar-refractivity contribution in [3.8, 4) is 11.4 Å². The Kier molecular flexibility index (Phi) is 7.72. The summed E-state index contributed by atoms with van der Waals surface area (Å²) < 4.78 is 60.1. The van der Waals surface area contributed by atoms with Crippen LogP contribution in [0.3, 0.4) is 0 Å². The molecule has 2 fully saturated rings. The molecule has 5 rings (SSSR count). The van der Waals surface area contributed by atoms with Gasteiger partial charge in [0, 0.05) is 30.4 Å². The van der Waals surface area contributed by atoms with E-state index in [9.17, 15) is 22.0 Å². The van der Waals surface area contributed by atoms with E-state index in [-0.39, 0.29) is 41.2 Å². The minimum absolute atomic E-state index is 0.0106. The van der Waals surface area contributed by atoms with E-state index in [0.717, 1.165) is 0 Å². The first-order chi connectivity index (χ1) is 19.5. The van der Waals surface area contributed by atoms with Crippen LogP contribution in [-0.4, -0.2) is 66.5 Å². The first kappa shape index (κ1) is 28.9. The van der Waals surface area contributed by atoms with Crippen LogP contribution < -0.4 is 15.5 Å². The number of aromatic nitrogens is 4. The Morgan fingerprint density at radius 3 is 2.49 bits per heavy atom. The van der Waals surface area contributed by atoms with Crippen molar-refractivity contribution in [3.63, 3.8) is 0 Å². The summed E-state index contributed by atoms with van der Waals surface area (Å²) in [6.45, 7) is 5.66. The van der Waals surface area contributed by atoms with Gasteiger partial charge < -0.3 is 20.3 Å². The molecule has 3 heterocycles. The van der Waals surface area contributed by atoms with Crippen LogP contribution >= 0.6 is 0 Å². The number of nitrogens with zero attached hydrogens (tertiary/aromatic N) is 5. The molecule has 0 radical (unpaired) electrons. The molecular formula is C27H33F2N7O4S. The SMILES string of the molecule is CCNC(=O)Nc1ccc(-c2nc(N3CCOC[C@@H]3C)cc(C3(S(=O)(=O)c4c(C)nn(C(F)F)c4C)CC3)n2)cc1. The number of urea groups is 1. The highest BCUT2D eigenvalue weighted by Gasteiger charge is 2.59. The fourth-order valence-corrected chi connectivity index (χ4v) is 7.57. The zero-order valence-electron chi connectivity index (χ0n) is 23.3. The summed E-state index contributed by atoms with van der Waals surface area (Å²) in [6, 6.07) is 8.29. The Labute approximate surface area is 237 Å². The van der Waals surface area contributed by atoms with E-state index in [1.807, 2.05) is 13.8 Å². The summed E-state index contributed by atoms with van der Waals surface area (Å²) in [6.07, 6.45) is 0.579. The van der Waals surface area contributed by atoms with Crippen molar-refractivity contribution in [3.05, 3.63) is 47.4 Å². The Morgan fingerprint density at radius 1 is 1.20 bits per heavy atom. The molecule has 0 bridgehead atoms. The van der Waals surface area contributed by atoms with Crippen LogP contribution in [0.2, 0.25) is 0 Å². The zero-order chi connectivity index (χ0) is 29.5. The molecule has 1 saturated carbocycles. The van der Waals surface area contributed by atoms with Crippen LogP contribution in [0.4, 0.5) is 25.1 Å². The number of nitrogens with one attached hydrogen (secondary N) is 2. The molecule has 3 aromatic rings. The smallest absolute Gasteiger partial charge is 0.333 e. The van der Waals surface area contributed by atoms with Crippen molar-refractivity contribution in [1.82, 2.24) is 25.1 Å². The van der Waals surface area contributed by atoms with Gasteiger partial charge in [0.1, 0.15) is 15.5 Å². The van der Waals surface area contributed by atoms with E-state index in [1.165, 1.54) is 13.8 Å². The number of sulfone groups is 1. The molecule has 2 N–H and O–H groups in total. The van der Waals surface area contributed by atoms with E-state index in [2.05, 4.69) is 20.6 Å². The van der Waals surface area contributed by atoms with Gasteiger partial charge in [0.15, 0.2) is 15.7 Å². The third kappa shape index (κ3) is 5.25. The Hall–Kier alpha value is -3.65. The van der Waals surface area contributed by atoms with Crippen LogP contribution in [0.25, 0.3) is 11.4 Å². The van der Waals surface area contributed by atoms with Gasteiger partial charge in [-0.1, -0.05) is 0 Å². The maximum Gasteiger partial charge on any atom is 0.333 e. The molecule has 1 atom stereocenters. The number of carbonyl (C=O) groups is 1. The molecule has 41 heavy (non-hydrogen) atoms. The first-order valence-corrected chi connectivity index (χ1v) is 14.9. The van der Waals surface area contributed by atoms with E-state index in [1.54, 1.807) is 30.3 Å². The predicted molar refractivity (Wildman–Crippen MR) is 149 cm³/mol. The summed E-state index contributed by atoms with van der Waals surface area (Å²) in [5.41, 5.74) is 1.43. The summed E-state index contributed by atoms with van der Waals surface area (Å²) >= 11 is 0. The number of rotatable bonds is 8. The second-order valence-electron chi connectivity index (χ2n) is 10.3. The molecule has 1 aromatic carbocycles. The van der Waals surface area contributed by atoms with E-state index < -0.39 is 21.1 Å². The molecule has 1 saturated heterocycles. The monoisotopic (exact) mass is 589 g/mol. The molecule has 2 aromatic heterocycles. The first-order valence-electron chi connectivity index (χ1n) is 13.5. The van der Waals surface area contributed by atoms with Crippen molar-refractivity contribution in [1.29, 1.82) is 0 Å². The van der Waals surface area contributed by atoms with Gasteiger partial charge in [0.05, 0.1) is 36.3 Å². The van der Waals surface area contributed by atoms with Crippen molar-refractivity contribution in [2.24, 2.45) is 0 Å². The molecule has 1 aliphatic carbocycles. The highest BCUT2D eigenvalue weighted by molar-refractivity contribution is 7.92. The maximum absolute atomic E-state index is 14.2. The van der Waals surface area contributed by atoms with Crippen LogP contribution in [0, 0.1) is 13.8 Å². The number of anilines is 2. The number of alkyl halides is 2. The van der Waals surface area contributed by atoms with Crippen LogP contribution in [0.1, 0.15) is 50.3 Å². The molecule has 1 aliphatic heterocycles. The lowest BCUT2D eigenvalue weighted by molar-refractivity contribution is 0.0538. The van der Waals surface area contributed by atoms with E-state index in [4.69, 9.17) is 14.7 Å². The number of hydrogen-bond acceptors (Lipinski definition) is 8. The van der Waals surface area contributed by atoms with Gasteiger partial charge >= 0.3 is 12.6 Å². The molecule has 0 spiro atoms. The number of morpholine rings is 1. The maximum atomic E-state index is 14.2.